The number of amides is 1. The molecule has 0 radical (unpaired) electrons. The number of aromatic nitrogens is 1. The Morgan fingerprint density at radius 3 is 2.62 bits per heavy atom. The number of hydrogen-bond acceptors (Lipinski definition) is 5. The summed E-state index contributed by atoms with van der Waals surface area (Å²) in [6.07, 6.45) is 0. The summed E-state index contributed by atoms with van der Waals surface area (Å²) < 4.78 is 26.5. The summed E-state index contributed by atoms with van der Waals surface area (Å²) in [7, 11) is -2.05. The summed E-state index contributed by atoms with van der Waals surface area (Å²) in [5, 5.41) is 3.59. The first-order valence-electron chi connectivity index (χ1n) is 6.24. The number of benzene rings is 1. The number of carbonyl (C=O) groups excluding carboxylic acids is 1. The SMILES string of the molecule is CNc1ccc2cc(S(=O)(=O)NC(C)C(N)=O)ccc2n1. The van der Waals surface area contributed by atoms with E-state index in [0.29, 0.717) is 16.7 Å². The summed E-state index contributed by atoms with van der Waals surface area (Å²) in [6.45, 7) is 1.39. The third kappa shape index (κ3) is 3.29. The van der Waals surface area contributed by atoms with Gasteiger partial charge in [0.2, 0.25) is 15.9 Å². The number of primary amides is 1. The van der Waals surface area contributed by atoms with E-state index in [2.05, 4.69) is 15.0 Å². The molecule has 1 amide bonds. The molecule has 8 heteroatoms. The van der Waals surface area contributed by atoms with Crippen LogP contribution in [-0.4, -0.2) is 32.4 Å². The lowest BCUT2D eigenvalue weighted by Crippen LogP contribution is -2.42. The van der Waals surface area contributed by atoms with Gasteiger partial charge in [-0.1, -0.05) is 0 Å². The molecule has 1 heterocycles. The Bertz CT molecular complexity index is 789. The van der Waals surface area contributed by atoms with Crippen LogP contribution in [0, 0.1) is 0 Å². The molecule has 0 aliphatic carbocycles. The molecule has 4 N–H and O–H groups in total. The molecule has 0 saturated heterocycles. The topological polar surface area (TPSA) is 114 Å². The minimum absolute atomic E-state index is 0.0575. The third-order valence-corrected chi connectivity index (χ3v) is 4.52. The van der Waals surface area contributed by atoms with E-state index in [1.165, 1.54) is 19.1 Å². The Balaban J connectivity index is 2.40. The van der Waals surface area contributed by atoms with Gasteiger partial charge in [0, 0.05) is 12.4 Å². The van der Waals surface area contributed by atoms with Crippen LogP contribution >= 0.6 is 0 Å². The first-order chi connectivity index (χ1) is 9.83. The molecule has 2 rings (SSSR count). The van der Waals surface area contributed by atoms with Crippen LogP contribution < -0.4 is 15.8 Å². The highest BCUT2D eigenvalue weighted by molar-refractivity contribution is 7.89. The molecule has 0 spiro atoms. The largest absolute Gasteiger partial charge is 0.373 e. The van der Waals surface area contributed by atoms with Crippen molar-refractivity contribution in [3.05, 3.63) is 30.3 Å². The molecule has 112 valence electrons. The predicted octanol–water partition coefficient (Wildman–Crippen LogP) is 0.429. The van der Waals surface area contributed by atoms with E-state index < -0.39 is 22.0 Å². The number of nitrogens with two attached hydrogens (primary N) is 1. The maximum absolute atomic E-state index is 12.2. The van der Waals surface area contributed by atoms with Crippen LogP contribution in [0.3, 0.4) is 0 Å². The third-order valence-electron chi connectivity index (χ3n) is 2.99. The van der Waals surface area contributed by atoms with Crippen LogP contribution in [0.25, 0.3) is 10.9 Å². The van der Waals surface area contributed by atoms with Crippen molar-refractivity contribution >= 4 is 32.7 Å². The average molecular weight is 308 g/mol. The number of fused-ring (bicyclic) bond motifs is 1. The molecule has 1 atom stereocenters. The maximum Gasteiger partial charge on any atom is 0.241 e. The quantitative estimate of drug-likeness (QED) is 0.741. The van der Waals surface area contributed by atoms with Gasteiger partial charge in [-0.15, -0.1) is 0 Å². The first-order valence-corrected chi connectivity index (χ1v) is 7.72. The highest BCUT2D eigenvalue weighted by atomic mass is 32.2. The van der Waals surface area contributed by atoms with Crippen molar-refractivity contribution in [1.82, 2.24) is 9.71 Å². The van der Waals surface area contributed by atoms with Gasteiger partial charge in [0.15, 0.2) is 0 Å². The number of sulfonamides is 1. The normalized spacial score (nSPS) is 13.0. The second-order valence-electron chi connectivity index (χ2n) is 4.55. The maximum atomic E-state index is 12.2. The van der Waals surface area contributed by atoms with Gasteiger partial charge in [-0.25, -0.2) is 13.4 Å². The van der Waals surface area contributed by atoms with Crippen LogP contribution in [0.5, 0.6) is 0 Å². The molecular weight excluding hydrogens is 292 g/mol. The van der Waals surface area contributed by atoms with Gasteiger partial charge in [0.25, 0.3) is 0 Å². The van der Waals surface area contributed by atoms with E-state index in [1.54, 1.807) is 25.2 Å². The first kappa shape index (κ1) is 15.2. The number of hydrogen-bond donors (Lipinski definition) is 3. The van der Waals surface area contributed by atoms with Crippen molar-refractivity contribution in [3.63, 3.8) is 0 Å². The van der Waals surface area contributed by atoms with Crippen LogP contribution in [0.4, 0.5) is 5.82 Å². The molecule has 1 aromatic carbocycles. The van der Waals surface area contributed by atoms with E-state index in [0.717, 1.165) is 0 Å². The fraction of sp³-hybridized carbons (Fsp3) is 0.231. The monoisotopic (exact) mass is 308 g/mol. The Morgan fingerprint density at radius 1 is 1.29 bits per heavy atom. The van der Waals surface area contributed by atoms with Crippen molar-refractivity contribution < 1.29 is 13.2 Å². The number of carbonyl (C=O) groups is 1. The van der Waals surface area contributed by atoms with Gasteiger partial charge >= 0.3 is 0 Å². The molecule has 1 aromatic heterocycles. The summed E-state index contributed by atoms with van der Waals surface area (Å²) in [4.78, 5) is 15.3. The Labute approximate surface area is 122 Å². The smallest absolute Gasteiger partial charge is 0.241 e. The molecule has 21 heavy (non-hydrogen) atoms. The molecule has 0 bridgehead atoms. The number of rotatable bonds is 5. The van der Waals surface area contributed by atoms with Gasteiger partial charge in [0.05, 0.1) is 16.5 Å². The summed E-state index contributed by atoms with van der Waals surface area (Å²) in [5.74, 6) is -0.0433. The van der Waals surface area contributed by atoms with Crippen molar-refractivity contribution in [1.29, 1.82) is 0 Å². The van der Waals surface area contributed by atoms with E-state index >= 15 is 0 Å². The van der Waals surface area contributed by atoms with Crippen molar-refractivity contribution in [3.8, 4) is 0 Å². The highest BCUT2D eigenvalue weighted by Crippen LogP contribution is 2.19. The number of nitrogens with one attached hydrogen (secondary N) is 2. The molecule has 7 nitrogen and oxygen atoms in total. The summed E-state index contributed by atoms with van der Waals surface area (Å²) in [5.41, 5.74) is 5.73. The van der Waals surface area contributed by atoms with Gasteiger partial charge in [0.1, 0.15) is 5.82 Å². The lowest BCUT2D eigenvalue weighted by molar-refractivity contribution is -0.119. The Kier molecular flexibility index (Phi) is 4.10. The van der Waals surface area contributed by atoms with E-state index in [-0.39, 0.29) is 4.90 Å². The Morgan fingerprint density at radius 2 is 2.00 bits per heavy atom. The lowest BCUT2D eigenvalue weighted by atomic mass is 10.2. The fourth-order valence-electron chi connectivity index (χ4n) is 1.77. The zero-order valence-electron chi connectivity index (χ0n) is 11.6. The minimum Gasteiger partial charge on any atom is -0.373 e. The fourth-order valence-corrected chi connectivity index (χ4v) is 3.02. The van der Waals surface area contributed by atoms with E-state index in [1.807, 2.05) is 0 Å². The average Bonchev–Trinajstić information content (AvgIpc) is 2.45. The van der Waals surface area contributed by atoms with Gasteiger partial charge in [-0.2, -0.15) is 4.72 Å². The molecule has 0 aliphatic rings. The molecule has 0 saturated carbocycles. The zero-order chi connectivity index (χ0) is 15.6. The van der Waals surface area contributed by atoms with Crippen LogP contribution in [0.1, 0.15) is 6.92 Å². The van der Waals surface area contributed by atoms with Gasteiger partial charge in [-0.05, 0) is 37.3 Å². The van der Waals surface area contributed by atoms with E-state index in [4.69, 9.17) is 5.73 Å². The second-order valence-corrected chi connectivity index (χ2v) is 6.26. The minimum atomic E-state index is -3.81. The Hall–Kier alpha value is -2.19. The number of nitrogens with zero attached hydrogens (tertiary/aromatic N) is 1. The molecule has 1 unspecified atom stereocenters. The number of anilines is 1. The van der Waals surface area contributed by atoms with Crippen LogP contribution in [0.15, 0.2) is 35.2 Å². The standard InChI is InChI=1S/C13H16N4O3S/c1-8(13(14)18)17-21(19,20)10-4-5-11-9(7-10)3-6-12(15-2)16-11/h3-8,17H,1-2H3,(H2,14,18)(H,15,16). The van der Waals surface area contributed by atoms with Crippen LogP contribution in [-0.2, 0) is 14.8 Å². The zero-order valence-corrected chi connectivity index (χ0v) is 12.4. The van der Waals surface area contributed by atoms with Gasteiger partial charge in [-0.3, -0.25) is 4.79 Å². The lowest BCUT2D eigenvalue weighted by Gasteiger charge is -2.11. The summed E-state index contributed by atoms with van der Waals surface area (Å²) >= 11 is 0. The highest BCUT2D eigenvalue weighted by Gasteiger charge is 2.20. The second kappa shape index (κ2) is 5.66. The van der Waals surface area contributed by atoms with Crippen LogP contribution in [0.2, 0.25) is 0 Å². The molecular formula is C13H16N4O3S. The number of pyridine rings is 1. The van der Waals surface area contributed by atoms with Gasteiger partial charge < -0.3 is 11.1 Å². The summed E-state index contributed by atoms with van der Waals surface area (Å²) in [6, 6.07) is 7.08. The van der Waals surface area contributed by atoms with Crippen molar-refractivity contribution in [2.24, 2.45) is 5.73 Å². The van der Waals surface area contributed by atoms with Crippen molar-refractivity contribution in [2.45, 2.75) is 17.9 Å². The molecule has 0 fully saturated rings. The molecule has 2 aromatic rings. The molecule has 0 aliphatic heterocycles. The van der Waals surface area contributed by atoms with Crippen molar-refractivity contribution in [2.75, 3.05) is 12.4 Å². The van der Waals surface area contributed by atoms with E-state index in [9.17, 15) is 13.2 Å². The predicted molar refractivity (Wildman–Crippen MR) is 80.3 cm³/mol.